The third kappa shape index (κ3) is 3.31. The van der Waals surface area contributed by atoms with E-state index in [0.717, 1.165) is 18.7 Å². The Morgan fingerprint density at radius 3 is 2.50 bits per heavy atom. The third-order valence-electron chi connectivity index (χ3n) is 3.43. The van der Waals surface area contributed by atoms with Crippen LogP contribution in [0.1, 0.15) is 45.7 Å². The van der Waals surface area contributed by atoms with E-state index in [0.29, 0.717) is 6.04 Å². The van der Waals surface area contributed by atoms with E-state index in [-0.39, 0.29) is 6.10 Å². The number of hydrogen-bond acceptors (Lipinski definition) is 2. The van der Waals surface area contributed by atoms with E-state index in [1.165, 1.54) is 16.3 Å². The van der Waals surface area contributed by atoms with Gasteiger partial charge in [0.1, 0.15) is 5.75 Å². The van der Waals surface area contributed by atoms with E-state index >= 15 is 0 Å². The van der Waals surface area contributed by atoms with Crippen LogP contribution in [0.5, 0.6) is 5.75 Å². The van der Waals surface area contributed by atoms with E-state index < -0.39 is 0 Å². The molecule has 1 N–H and O–H groups in total. The minimum atomic E-state index is 0.179. The van der Waals surface area contributed by atoms with Gasteiger partial charge in [0.05, 0.1) is 6.10 Å². The lowest BCUT2D eigenvalue weighted by molar-refractivity contribution is 0.241. The van der Waals surface area contributed by atoms with Crippen molar-refractivity contribution in [1.82, 2.24) is 5.32 Å². The molecule has 0 saturated heterocycles. The van der Waals surface area contributed by atoms with Crippen molar-refractivity contribution < 1.29 is 4.74 Å². The first-order valence-electron chi connectivity index (χ1n) is 7.55. The molecule has 1 unspecified atom stereocenters. The summed E-state index contributed by atoms with van der Waals surface area (Å²) in [6, 6.07) is 13.1. The Labute approximate surface area is 122 Å². The molecular formula is C18H25NO. The van der Waals surface area contributed by atoms with Gasteiger partial charge >= 0.3 is 0 Å². The molecule has 0 aliphatic heterocycles. The van der Waals surface area contributed by atoms with Crippen LogP contribution in [0.2, 0.25) is 0 Å². The van der Waals surface area contributed by atoms with Gasteiger partial charge in [0, 0.05) is 17.0 Å². The monoisotopic (exact) mass is 271 g/mol. The van der Waals surface area contributed by atoms with Crippen molar-refractivity contribution in [3.8, 4) is 5.75 Å². The molecule has 0 spiro atoms. The predicted molar refractivity (Wildman–Crippen MR) is 86.4 cm³/mol. The van der Waals surface area contributed by atoms with Crippen LogP contribution in [0.4, 0.5) is 0 Å². The van der Waals surface area contributed by atoms with Gasteiger partial charge in [-0.25, -0.2) is 0 Å². The lowest BCUT2D eigenvalue weighted by Crippen LogP contribution is -2.20. The fraction of sp³-hybridized carbons (Fsp3) is 0.444. The van der Waals surface area contributed by atoms with Crippen LogP contribution in [0, 0.1) is 0 Å². The maximum Gasteiger partial charge on any atom is 0.132 e. The van der Waals surface area contributed by atoms with E-state index in [4.69, 9.17) is 4.74 Å². The van der Waals surface area contributed by atoms with E-state index in [2.05, 4.69) is 69.4 Å². The van der Waals surface area contributed by atoms with Crippen molar-refractivity contribution >= 4 is 10.8 Å². The minimum absolute atomic E-state index is 0.179. The van der Waals surface area contributed by atoms with Crippen LogP contribution in [-0.4, -0.2) is 12.6 Å². The highest BCUT2D eigenvalue weighted by molar-refractivity contribution is 5.89. The van der Waals surface area contributed by atoms with Crippen molar-refractivity contribution in [2.24, 2.45) is 0 Å². The van der Waals surface area contributed by atoms with Gasteiger partial charge in [0.25, 0.3) is 0 Å². The van der Waals surface area contributed by atoms with Crippen LogP contribution in [0.25, 0.3) is 10.8 Å². The number of hydrogen-bond donors (Lipinski definition) is 1. The maximum atomic E-state index is 6.12. The first-order valence-corrected chi connectivity index (χ1v) is 7.55. The molecule has 20 heavy (non-hydrogen) atoms. The second kappa shape index (κ2) is 6.76. The normalized spacial score (nSPS) is 12.8. The molecule has 0 aliphatic rings. The molecule has 1 atom stereocenters. The first-order chi connectivity index (χ1) is 9.63. The largest absolute Gasteiger partial charge is 0.490 e. The molecule has 0 aliphatic carbocycles. The summed E-state index contributed by atoms with van der Waals surface area (Å²) in [4.78, 5) is 0. The molecule has 0 bridgehead atoms. The second-order valence-electron chi connectivity index (χ2n) is 5.55. The molecule has 0 amide bonds. The summed E-state index contributed by atoms with van der Waals surface area (Å²) in [6.45, 7) is 9.57. The molecule has 0 saturated carbocycles. The fourth-order valence-electron chi connectivity index (χ4n) is 2.44. The molecule has 2 rings (SSSR count). The Kier molecular flexibility index (Phi) is 5.02. The first kappa shape index (κ1) is 14.9. The van der Waals surface area contributed by atoms with Crippen LogP contribution in [0.3, 0.4) is 0 Å². The molecule has 2 heteroatoms. The second-order valence-corrected chi connectivity index (χ2v) is 5.55. The van der Waals surface area contributed by atoms with Crippen molar-refractivity contribution in [2.75, 3.05) is 6.54 Å². The predicted octanol–water partition coefficient (Wildman–Crippen LogP) is 4.69. The average Bonchev–Trinajstić information content (AvgIpc) is 2.44. The zero-order valence-corrected chi connectivity index (χ0v) is 12.9. The van der Waals surface area contributed by atoms with Crippen LogP contribution < -0.4 is 10.1 Å². The summed E-state index contributed by atoms with van der Waals surface area (Å²) in [5.74, 6) is 1.02. The van der Waals surface area contributed by atoms with Crippen LogP contribution >= 0.6 is 0 Å². The lowest BCUT2D eigenvalue weighted by atomic mass is 10.0. The Morgan fingerprint density at radius 2 is 1.80 bits per heavy atom. The number of rotatable bonds is 6. The SMILES string of the molecule is CCCNC(C)c1ccc2ccccc2c1OC(C)C. The summed E-state index contributed by atoms with van der Waals surface area (Å²) < 4.78 is 6.12. The zero-order valence-electron chi connectivity index (χ0n) is 12.9. The molecule has 108 valence electrons. The Morgan fingerprint density at radius 1 is 1.05 bits per heavy atom. The minimum Gasteiger partial charge on any atom is -0.490 e. The summed E-state index contributed by atoms with van der Waals surface area (Å²) in [5.41, 5.74) is 1.24. The average molecular weight is 271 g/mol. The van der Waals surface area contributed by atoms with Gasteiger partial charge in [0.15, 0.2) is 0 Å². The fourth-order valence-corrected chi connectivity index (χ4v) is 2.44. The number of nitrogens with one attached hydrogen (secondary N) is 1. The molecule has 0 radical (unpaired) electrons. The Bertz CT molecular complexity index is 562. The molecule has 0 aromatic heterocycles. The number of benzene rings is 2. The topological polar surface area (TPSA) is 21.3 Å². The van der Waals surface area contributed by atoms with Gasteiger partial charge in [-0.3, -0.25) is 0 Å². The van der Waals surface area contributed by atoms with Crippen molar-refractivity contribution in [3.63, 3.8) is 0 Å². The van der Waals surface area contributed by atoms with Gasteiger partial charge in [0.2, 0.25) is 0 Å². The summed E-state index contributed by atoms with van der Waals surface area (Å²) >= 11 is 0. The summed E-state index contributed by atoms with van der Waals surface area (Å²) in [7, 11) is 0. The van der Waals surface area contributed by atoms with Gasteiger partial charge < -0.3 is 10.1 Å². The van der Waals surface area contributed by atoms with Crippen molar-refractivity contribution in [1.29, 1.82) is 0 Å². The highest BCUT2D eigenvalue weighted by Crippen LogP contribution is 2.34. The molecule has 2 aromatic carbocycles. The molecule has 2 nitrogen and oxygen atoms in total. The van der Waals surface area contributed by atoms with Gasteiger partial charge in [-0.05, 0) is 39.1 Å². The van der Waals surface area contributed by atoms with Crippen molar-refractivity contribution in [3.05, 3.63) is 42.0 Å². The third-order valence-corrected chi connectivity index (χ3v) is 3.43. The highest BCUT2D eigenvalue weighted by atomic mass is 16.5. The molecule has 0 fully saturated rings. The summed E-state index contributed by atoms with van der Waals surface area (Å²) in [5, 5.41) is 5.98. The van der Waals surface area contributed by atoms with Gasteiger partial charge in [-0.1, -0.05) is 43.3 Å². The molecule has 0 heterocycles. The van der Waals surface area contributed by atoms with E-state index in [1.54, 1.807) is 0 Å². The van der Waals surface area contributed by atoms with E-state index in [9.17, 15) is 0 Å². The van der Waals surface area contributed by atoms with Gasteiger partial charge in [-0.2, -0.15) is 0 Å². The Hall–Kier alpha value is -1.54. The Balaban J connectivity index is 2.46. The summed E-state index contributed by atoms with van der Waals surface area (Å²) in [6.07, 6.45) is 1.32. The highest BCUT2D eigenvalue weighted by Gasteiger charge is 2.15. The van der Waals surface area contributed by atoms with Crippen LogP contribution in [0.15, 0.2) is 36.4 Å². The van der Waals surface area contributed by atoms with Crippen LogP contribution in [-0.2, 0) is 0 Å². The van der Waals surface area contributed by atoms with Gasteiger partial charge in [-0.15, -0.1) is 0 Å². The quantitative estimate of drug-likeness (QED) is 0.823. The van der Waals surface area contributed by atoms with E-state index in [1.807, 2.05) is 0 Å². The zero-order chi connectivity index (χ0) is 14.5. The van der Waals surface area contributed by atoms with Crippen molar-refractivity contribution in [2.45, 2.75) is 46.3 Å². The molecule has 2 aromatic rings. The standard InChI is InChI=1S/C18H25NO/c1-5-12-19-14(4)16-11-10-15-8-6-7-9-17(15)18(16)20-13(2)3/h6-11,13-14,19H,5,12H2,1-4H3. The lowest BCUT2D eigenvalue weighted by Gasteiger charge is -2.21. The maximum absolute atomic E-state index is 6.12. The molecular weight excluding hydrogens is 246 g/mol. The smallest absolute Gasteiger partial charge is 0.132 e. The number of fused-ring (bicyclic) bond motifs is 1. The number of ether oxygens (including phenoxy) is 1.